The second-order valence-electron chi connectivity index (χ2n) is 9.08. The van der Waals surface area contributed by atoms with Crippen LogP contribution in [0.15, 0.2) is 42.5 Å². The van der Waals surface area contributed by atoms with Crippen molar-refractivity contribution < 1.29 is 9.59 Å². The van der Waals surface area contributed by atoms with Crippen molar-refractivity contribution in [3.05, 3.63) is 64.7 Å². The summed E-state index contributed by atoms with van der Waals surface area (Å²) >= 11 is 0. The zero-order valence-electron chi connectivity index (χ0n) is 19.2. The molecule has 0 bridgehead atoms. The number of nitrogens with zero attached hydrogens (tertiary/aromatic N) is 2. The smallest absolute Gasteiger partial charge is 0.238 e. The van der Waals surface area contributed by atoms with Crippen LogP contribution < -0.4 is 10.6 Å². The highest BCUT2D eigenvalue weighted by Gasteiger charge is 2.24. The van der Waals surface area contributed by atoms with Gasteiger partial charge in [-0.3, -0.25) is 19.4 Å². The number of amides is 2. The van der Waals surface area contributed by atoms with Crippen molar-refractivity contribution in [1.82, 2.24) is 15.1 Å². The molecule has 1 unspecified atom stereocenters. The van der Waals surface area contributed by atoms with Crippen molar-refractivity contribution in [2.24, 2.45) is 0 Å². The number of carbonyl (C=O) groups excluding carboxylic acids is 2. The van der Waals surface area contributed by atoms with Crippen LogP contribution >= 0.6 is 0 Å². The van der Waals surface area contributed by atoms with Crippen LogP contribution in [0.4, 0.5) is 5.69 Å². The van der Waals surface area contributed by atoms with E-state index in [2.05, 4.69) is 44.7 Å². The fourth-order valence-corrected chi connectivity index (χ4v) is 4.85. The predicted molar refractivity (Wildman–Crippen MR) is 128 cm³/mol. The molecule has 4 rings (SSSR count). The van der Waals surface area contributed by atoms with Crippen molar-refractivity contribution >= 4 is 17.5 Å². The molecule has 32 heavy (non-hydrogen) atoms. The Morgan fingerprint density at radius 2 is 1.50 bits per heavy atom. The Morgan fingerprint density at radius 1 is 0.875 bits per heavy atom. The number of fused-ring (bicyclic) bond motifs is 1. The fourth-order valence-electron chi connectivity index (χ4n) is 4.85. The molecule has 170 valence electrons. The summed E-state index contributed by atoms with van der Waals surface area (Å²) in [7, 11) is 0. The molecular formula is C26H34N4O2. The molecule has 1 aliphatic heterocycles. The van der Waals surface area contributed by atoms with E-state index in [0.29, 0.717) is 13.1 Å². The molecule has 1 saturated heterocycles. The van der Waals surface area contributed by atoms with E-state index < -0.39 is 0 Å². The third-order valence-electron chi connectivity index (χ3n) is 6.65. The van der Waals surface area contributed by atoms with Crippen molar-refractivity contribution in [3.63, 3.8) is 0 Å². The monoisotopic (exact) mass is 434 g/mol. The molecule has 6 heteroatoms. The normalized spacial score (nSPS) is 19.2. The van der Waals surface area contributed by atoms with Crippen LogP contribution in [-0.2, 0) is 16.0 Å². The van der Waals surface area contributed by atoms with Crippen LogP contribution in [0.5, 0.6) is 0 Å². The summed E-state index contributed by atoms with van der Waals surface area (Å²) in [5.74, 6) is 0.109. The Kier molecular flexibility index (Phi) is 7.22. The summed E-state index contributed by atoms with van der Waals surface area (Å²) in [5.41, 5.74) is 5.70. The summed E-state index contributed by atoms with van der Waals surface area (Å²) < 4.78 is 0. The Balaban J connectivity index is 1.21. The summed E-state index contributed by atoms with van der Waals surface area (Å²) in [6.07, 6.45) is 3.22. The maximum Gasteiger partial charge on any atom is 0.238 e. The van der Waals surface area contributed by atoms with E-state index in [9.17, 15) is 9.59 Å². The van der Waals surface area contributed by atoms with E-state index in [1.165, 1.54) is 11.1 Å². The van der Waals surface area contributed by atoms with Crippen LogP contribution in [0, 0.1) is 13.8 Å². The van der Waals surface area contributed by atoms with Gasteiger partial charge in [-0.25, -0.2) is 0 Å². The molecule has 1 heterocycles. The van der Waals surface area contributed by atoms with Gasteiger partial charge < -0.3 is 10.6 Å². The number of anilines is 1. The van der Waals surface area contributed by atoms with Gasteiger partial charge in [-0.1, -0.05) is 42.5 Å². The van der Waals surface area contributed by atoms with Crippen LogP contribution in [0.25, 0.3) is 0 Å². The predicted octanol–water partition coefficient (Wildman–Crippen LogP) is 3.05. The van der Waals surface area contributed by atoms with E-state index in [1.807, 2.05) is 32.0 Å². The first-order valence-corrected chi connectivity index (χ1v) is 11.7. The van der Waals surface area contributed by atoms with Crippen molar-refractivity contribution in [2.45, 2.75) is 39.2 Å². The maximum atomic E-state index is 12.7. The fraction of sp³-hybridized carbons (Fsp3) is 0.462. The van der Waals surface area contributed by atoms with E-state index in [1.54, 1.807) is 0 Å². The molecule has 0 aromatic heterocycles. The standard InChI is InChI=1S/C26H34N4O2/c1-19-7-5-8-20(2)26(19)28-25(32)18-30-15-13-29(14-16-30)17-24(31)27-23-12-6-10-21-9-3-4-11-22(21)23/h3-5,7-9,11,23H,6,10,12-18H2,1-2H3,(H,27,31)(H,28,32). The molecule has 0 radical (unpaired) electrons. The van der Waals surface area contributed by atoms with E-state index in [-0.39, 0.29) is 17.9 Å². The van der Waals surface area contributed by atoms with E-state index in [0.717, 1.165) is 62.3 Å². The highest BCUT2D eigenvalue weighted by molar-refractivity contribution is 5.93. The molecule has 1 aliphatic carbocycles. The first kappa shape index (κ1) is 22.5. The number of piperazine rings is 1. The molecule has 0 saturated carbocycles. The summed E-state index contributed by atoms with van der Waals surface area (Å²) in [4.78, 5) is 29.6. The molecule has 1 fully saturated rings. The quantitative estimate of drug-likeness (QED) is 0.734. The first-order valence-electron chi connectivity index (χ1n) is 11.7. The topological polar surface area (TPSA) is 64.7 Å². The molecule has 0 spiro atoms. The SMILES string of the molecule is Cc1cccc(C)c1NC(=O)CN1CCN(CC(=O)NC2CCCc3ccccc32)CC1. The van der Waals surface area contributed by atoms with Gasteiger partial charge in [-0.2, -0.15) is 0 Å². The number of aryl methyl sites for hydroxylation is 3. The molecule has 1 atom stereocenters. The van der Waals surface area contributed by atoms with Crippen molar-refractivity contribution in [1.29, 1.82) is 0 Å². The van der Waals surface area contributed by atoms with Gasteiger partial charge in [0.05, 0.1) is 19.1 Å². The Labute approximate surface area is 191 Å². The lowest BCUT2D eigenvalue weighted by Gasteiger charge is -2.34. The highest BCUT2D eigenvalue weighted by Crippen LogP contribution is 2.29. The lowest BCUT2D eigenvalue weighted by atomic mass is 9.88. The van der Waals surface area contributed by atoms with Crippen molar-refractivity contribution in [3.8, 4) is 0 Å². The number of hydrogen-bond acceptors (Lipinski definition) is 4. The second kappa shape index (κ2) is 10.3. The molecule has 2 aromatic rings. The van der Waals surface area contributed by atoms with Crippen LogP contribution in [0.3, 0.4) is 0 Å². The molecule has 6 nitrogen and oxygen atoms in total. The van der Waals surface area contributed by atoms with Crippen LogP contribution in [0.2, 0.25) is 0 Å². The van der Waals surface area contributed by atoms with Gasteiger partial charge in [0.15, 0.2) is 0 Å². The van der Waals surface area contributed by atoms with Gasteiger partial charge in [0.1, 0.15) is 0 Å². The molecule has 2 aliphatic rings. The first-order chi connectivity index (χ1) is 15.5. The number of rotatable bonds is 6. The van der Waals surface area contributed by atoms with Crippen LogP contribution in [-0.4, -0.2) is 60.9 Å². The summed E-state index contributed by atoms with van der Waals surface area (Å²) in [5, 5.41) is 6.31. The van der Waals surface area contributed by atoms with Gasteiger partial charge in [0.25, 0.3) is 0 Å². The third-order valence-corrected chi connectivity index (χ3v) is 6.65. The minimum absolute atomic E-state index is 0.0181. The average Bonchev–Trinajstić information content (AvgIpc) is 2.78. The van der Waals surface area contributed by atoms with Gasteiger partial charge >= 0.3 is 0 Å². The molecule has 2 amide bonds. The lowest BCUT2D eigenvalue weighted by molar-refractivity contribution is -0.124. The van der Waals surface area contributed by atoms with Gasteiger partial charge in [0, 0.05) is 31.9 Å². The lowest BCUT2D eigenvalue weighted by Crippen LogP contribution is -2.51. The number of carbonyl (C=O) groups is 2. The number of benzene rings is 2. The molecule has 2 aromatic carbocycles. The van der Waals surface area contributed by atoms with Gasteiger partial charge in [-0.05, 0) is 55.4 Å². The Hall–Kier alpha value is -2.70. The largest absolute Gasteiger partial charge is 0.348 e. The van der Waals surface area contributed by atoms with E-state index in [4.69, 9.17) is 0 Å². The average molecular weight is 435 g/mol. The molecular weight excluding hydrogens is 400 g/mol. The second-order valence-corrected chi connectivity index (χ2v) is 9.08. The van der Waals surface area contributed by atoms with Crippen LogP contribution in [0.1, 0.15) is 41.1 Å². The van der Waals surface area contributed by atoms with E-state index >= 15 is 0 Å². The zero-order valence-corrected chi connectivity index (χ0v) is 19.2. The summed E-state index contributed by atoms with van der Waals surface area (Å²) in [6, 6.07) is 14.6. The number of para-hydroxylation sites is 1. The Morgan fingerprint density at radius 3 is 2.19 bits per heavy atom. The third kappa shape index (κ3) is 5.56. The number of hydrogen-bond donors (Lipinski definition) is 2. The minimum Gasteiger partial charge on any atom is -0.348 e. The van der Waals surface area contributed by atoms with Gasteiger partial charge in [-0.15, -0.1) is 0 Å². The van der Waals surface area contributed by atoms with Crippen molar-refractivity contribution in [2.75, 3.05) is 44.6 Å². The zero-order chi connectivity index (χ0) is 22.5. The maximum absolute atomic E-state index is 12.7. The van der Waals surface area contributed by atoms with Gasteiger partial charge in [0.2, 0.25) is 11.8 Å². The Bertz CT molecular complexity index is 946. The minimum atomic E-state index is 0.0181. The number of nitrogens with one attached hydrogen (secondary N) is 2. The summed E-state index contributed by atoms with van der Waals surface area (Å²) in [6.45, 7) is 8.00. The highest BCUT2D eigenvalue weighted by atomic mass is 16.2. The molecule has 2 N–H and O–H groups in total.